The number of urea groups is 1. The van der Waals surface area contributed by atoms with Crippen LogP contribution in [0.25, 0.3) is 0 Å². The fourth-order valence-electron chi connectivity index (χ4n) is 2.02. The maximum absolute atomic E-state index is 12.7. The van der Waals surface area contributed by atoms with Gasteiger partial charge in [-0.05, 0) is 40.5 Å². The summed E-state index contributed by atoms with van der Waals surface area (Å²) in [6, 6.07) is -3.11. The number of hydrogen-bond donors (Lipinski definition) is 1. The Balaban J connectivity index is 2.88. The number of halogens is 3. The first-order valence-corrected chi connectivity index (χ1v) is 6.35. The van der Waals surface area contributed by atoms with Crippen LogP contribution in [0.4, 0.5) is 18.0 Å². The topological polar surface area (TPSA) is 49.4 Å². The molecule has 0 aliphatic carbocycles. The van der Waals surface area contributed by atoms with Gasteiger partial charge in [0.1, 0.15) is 11.6 Å². The lowest BCUT2D eigenvalue weighted by atomic mass is 9.95. The summed E-state index contributed by atoms with van der Waals surface area (Å²) in [5.74, 6) is -0.825. The van der Waals surface area contributed by atoms with Gasteiger partial charge in [-0.3, -0.25) is 9.69 Å². The summed E-state index contributed by atoms with van der Waals surface area (Å²) in [4.78, 5) is 24.1. The summed E-state index contributed by atoms with van der Waals surface area (Å²) in [6.45, 7) is 6.03. The summed E-state index contributed by atoms with van der Waals surface area (Å²) in [7, 11) is 0. The minimum Gasteiger partial charge on any atom is -0.323 e. The van der Waals surface area contributed by atoms with Gasteiger partial charge in [0.15, 0.2) is 0 Å². The number of rotatable bonds is 4. The van der Waals surface area contributed by atoms with E-state index in [0.717, 1.165) is 12.5 Å². The van der Waals surface area contributed by atoms with Crippen molar-refractivity contribution in [3.63, 3.8) is 0 Å². The van der Waals surface area contributed by atoms with Crippen molar-refractivity contribution in [2.24, 2.45) is 0 Å². The van der Waals surface area contributed by atoms with E-state index in [1.54, 1.807) is 0 Å². The number of imide groups is 1. The second-order valence-electron chi connectivity index (χ2n) is 5.48. The molecule has 0 aromatic rings. The predicted octanol–water partition coefficient (Wildman–Crippen LogP) is 2.99. The number of carbonyl (C=O) groups is 2. The molecule has 1 fully saturated rings. The Morgan fingerprint density at radius 2 is 1.95 bits per heavy atom. The highest BCUT2D eigenvalue weighted by atomic mass is 19.4. The van der Waals surface area contributed by atoms with Gasteiger partial charge < -0.3 is 5.32 Å². The number of nitrogens with one attached hydrogen (secondary N) is 1. The fourth-order valence-corrected chi connectivity index (χ4v) is 2.02. The average molecular weight is 292 g/mol. The van der Waals surface area contributed by atoms with Crippen LogP contribution in [0.1, 0.15) is 40.5 Å². The standard InChI is InChI=1S/C13H19F3N2O2/c1-8(2)6-5-7-12(4)10(19)18(11(20)17-12)9(3)13(14,15)16/h6,9H,5,7H2,1-4H3,(H,17,20)/t9-,12+/m1/s1. The van der Waals surface area contributed by atoms with E-state index in [9.17, 15) is 22.8 Å². The molecule has 1 N–H and O–H groups in total. The van der Waals surface area contributed by atoms with Gasteiger partial charge in [-0.1, -0.05) is 11.6 Å². The van der Waals surface area contributed by atoms with Crippen LogP contribution in [-0.2, 0) is 4.79 Å². The zero-order valence-electron chi connectivity index (χ0n) is 12.0. The SMILES string of the molecule is CC(C)=CCC[C@]1(C)NC(=O)N([C@H](C)C(F)(F)F)C1=O. The Kier molecular flexibility index (Phi) is 4.51. The zero-order chi connectivity index (χ0) is 15.7. The molecule has 114 valence electrons. The van der Waals surface area contributed by atoms with E-state index in [4.69, 9.17) is 0 Å². The minimum absolute atomic E-state index is 0.266. The smallest absolute Gasteiger partial charge is 0.323 e. The molecule has 0 aromatic heterocycles. The Bertz CT molecular complexity index is 441. The molecule has 7 heteroatoms. The van der Waals surface area contributed by atoms with E-state index < -0.39 is 29.7 Å². The van der Waals surface area contributed by atoms with Crippen molar-refractivity contribution < 1.29 is 22.8 Å². The van der Waals surface area contributed by atoms with Crippen molar-refractivity contribution in [1.29, 1.82) is 0 Å². The maximum atomic E-state index is 12.7. The van der Waals surface area contributed by atoms with E-state index in [1.807, 2.05) is 19.9 Å². The van der Waals surface area contributed by atoms with Gasteiger partial charge in [0.25, 0.3) is 5.91 Å². The quantitative estimate of drug-likeness (QED) is 0.639. The van der Waals surface area contributed by atoms with Gasteiger partial charge in [0.2, 0.25) is 0 Å². The van der Waals surface area contributed by atoms with Crippen LogP contribution >= 0.6 is 0 Å². The van der Waals surface area contributed by atoms with Crippen molar-refractivity contribution in [2.45, 2.75) is 58.3 Å². The average Bonchev–Trinajstić information content (AvgIpc) is 2.47. The van der Waals surface area contributed by atoms with E-state index in [0.29, 0.717) is 6.42 Å². The second-order valence-corrected chi connectivity index (χ2v) is 5.48. The van der Waals surface area contributed by atoms with Crippen LogP contribution in [0.15, 0.2) is 11.6 Å². The molecule has 3 amide bonds. The molecule has 1 saturated heterocycles. The first kappa shape index (κ1) is 16.5. The van der Waals surface area contributed by atoms with Gasteiger partial charge >= 0.3 is 12.2 Å². The summed E-state index contributed by atoms with van der Waals surface area (Å²) < 4.78 is 38.0. The Labute approximate surface area is 116 Å². The van der Waals surface area contributed by atoms with Crippen LogP contribution in [0.3, 0.4) is 0 Å². The Morgan fingerprint density at radius 1 is 1.40 bits per heavy atom. The van der Waals surface area contributed by atoms with Gasteiger partial charge in [0, 0.05) is 0 Å². The highest BCUT2D eigenvalue weighted by Gasteiger charge is 2.54. The fraction of sp³-hybridized carbons (Fsp3) is 0.692. The normalized spacial score (nSPS) is 24.6. The van der Waals surface area contributed by atoms with E-state index in [-0.39, 0.29) is 11.3 Å². The molecule has 0 bridgehead atoms. The van der Waals surface area contributed by atoms with Crippen LogP contribution in [0.2, 0.25) is 0 Å². The third-order valence-electron chi connectivity index (χ3n) is 3.35. The molecule has 0 spiro atoms. The van der Waals surface area contributed by atoms with Crippen molar-refractivity contribution in [1.82, 2.24) is 10.2 Å². The molecule has 4 nitrogen and oxygen atoms in total. The van der Waals surface area contributed by atoms with Crippen molar-refractivity contribution >= 4 is 11.9 Å². The first-order chi connectivity index (χ1) is 8.99. The summed E-state index contributed by atoms with van der Waals surface area (Å²) >= 11 is 0. The van der Waals surface area contributed by atoms with Crippen molar-refractivity contribution in [3.8, 4) is 0 Å². The number of hydrogen-bond acceptors (Lipinski definition) is 2. The number of carbonyl (C=O) groups excluding carboxylic acids is 2. The van der Waals surface area contributed by atoms with Crippen LogP contribution in [-0.4, -0.2) is 34.6 Å². The molecule has 1 aliphatic heterocycles. The molecule has 0 saturated carbocycles. The van der Waals surface area contributed by atoms with E-state index in [2.05, 4.69) is 5.32 Å². The largest absolute Gasteiger partial charge is 0.409 e. The molecule has 1 heterocycles. The lowest BCUT2D eigenvalue weighted by Crippen LogP contribution is -2.49. The summed E-state index contributed by atoms with van der Waals surface area (Å²) in [5, 5.41) is 2.37. The number of alkyl halides is 3. The molecule has 1 aliphatic rings. The van der Waals surface area contributed by atoms with Gasteiger partial charge in [-0.25, -0.2) is 4.79 Å². The molecular weight excluding hydrogens is 273 g/mol. The molecule has 1 rings (SSSR count). The van der Waals surface area contributed by atoms with Crippen molar-refractivity contribution in [2.75, 3.05) is 0 Å². The third-order valence-corrected chi connectivity index (χ3v) is 3.35. The second kappa shape index (κ2) is 5.46. The van der Waals surface area contributed by atoms with Gasteiger partial charge in [0.05, 0.1) is 0 Å². The Morgan fingerprint density at radius 3 is 2.40 bits per heavy atom. The zero-order valence-corrected chi connectivity index (χ0v) is 12.0. The monoisotopic (exact) mass is 292 g/mol. The molecule has 20 heavy (non-hydrogen) atoms. The van der Waals surface area contributed by atoms with Gasteiger partial charge in [-0.15, -0.1) is 0 Å². The summed E-state index contributed by atoms with van der Waals surface area (Å²) in [5.41, 5.74) is -0.228. The highest BCUT2D eigenvalue weighted by molar-refractivity contribution is 6.07. The minimum atomic E-state index is -4.63. The van der Waals surface area contributed by atoms with Gasteiger partial charge in [-0.2, -0.15) is 13.2 Å². The van der Waals surface area contributed by atoms with E-state index in [1.165, 1.54) is 6.92 Å². The van der Waals surface area contributed by atoms with Crippen LogP contribution in [0.5, 0.6) is 0 Å². The molecule has 0 unspecified atom stereocenters. The van der Waals surface area contributed by atoms with Crippen LogP contribution < -0.4 is 5.32 Å². The molecule has 0 radical (unpaired) electrons. The maximum Gasteiger partial charge on any atom is 0.409 e. The highest BCUT2D eigenvalue weighted by Crippen LogP contribution is 2.31. The van der Waals surface area contributed by atoms with E-state index >= 15 is 0 Å². The lowest BCUT2D eigenvalue weighted by Gasteiger charge is -2.25. The van der Waals surface area contributed by atoms with Crippen LogP contribution in [0, 0.1) is 0 Å². The van der Waals surface area contributed by atoms with Crippen molar-refractivity contribution in [3.05, 3.63) is 11.6 Å². The lowest BCUT2D eigenvalue weighted by molar-refractivity contribution is -0.177. The number of nitrogens with zero attached hydrogens (tertiary/aromatic N) is 1. The summed E-state index contributed by atoms with van der Waals surface area (Å²) in [6.07, 6.45) is -1.97. The first-order valence-electron chi connectivity index (χ1n) is 6.35. The molecule has 0 aromatic carbocycles. The third kappa shape index (κ3) is 3.32. The number of allylic oxidation sites excluding steroid dienone is 2. The number of amides is 3. The molecule has 2 atom stereocenters. The Hall–Kier alpha value is -1.53. The molecular formula is C13H19F3N2O2. The predicted molar refractivity (Wildman–Crippen MR) is 68.0 cm³/mol.